The van der Waals surface area contributed by atoms with Crippen LogP contribution >= 0.6 is 0 Å². The Kier molecular flexibility index (Phi) is 5.08. The fraction of sp³-hybridized carbons (Fsp3) is 0.294. The Morgan fingerprint density at radius 1 is 1.09 bits per heavy atom. The molecule has 0 fully saturated rings. The Morgan fingerprint density at radius 2 is 1.82 bits per heavy atom. The van der Waals surface area contributed by atoms with Crippen LogP contribution < -0.4 is 10.5 Å². The predicted octanol–water partition coefficient (Wildman–Crippen LogP) is 4.14. The first-order chi connectivity index (χ1) is 10.4. The zero-order chi connectivity index (χ0) is 16.2. The monoisotopic (exact) mass is 309 g/mol. The normalized spacial score (nSPS) is 13.0. The molecule has 0 aromatic heterocycles. The van der Waals surface area contributed by atoms with Crippen molar-refractivity contribution in [1.29, 1.82) is 0 Å². The van der Waals surface area contributed by atoms with E-state index in [0.29, 0.717) is 5.75 Å². The summed E-state index contributed by atoms with van der Waals surface area (Å²) < 4.78 is 44.9. The fourth-order valence-corrected chi connectivity index (χ4v) is 2.30. The molecule has 2 aromatic carbocycles. The van der Waals surface area contributed by atoms with E-state index in [1.165, 1.54) is 12.1 Å². The van der Waals surface area contributed by atoms with Crippen LogP contribution in [0.2, 0.25) is 0 Å². The van der Waals surface area contributed by atoms with Crippen molar-refractivity contribution in [3.8, 4) is 5.75 Å². The van der Waals surface area contributed by atoms with E-state index in [4.69, 9.17) is 10.5 Å². The molecule has 2 N–H and O–H groups in total. The first kappa shape index (κ1) is 16.4. The highest BCUT2D eigenvalue weighted by Crippen LogP contribution is 2.35. The van der Waals surface area contributed by atoms with Crippen LogP contribution in [-0.4, -0.2) is 13.2 Å². The minimum atomic E-state index is -4.40. The van der Waals surface area contributed by atoms with E-state index < -0.39 is 17.7 Å². The molecule has 0 radical (unpaired) electrons. The minimum Gasteiger partial charge on any atom is -0.493 e. The van der Waals surface area contributed by atoms with E-state index in [0.717, 1.165) is 11.6 Å². The molecule has 118 valence electrons. The molecule has 0 saturated carbocycles. The third-order valence-corrected chi connectivity index (χ3v) is 3.43. The zero-order valence-electron chi connectivity index (χ0n) is 12.2. The summed E-state index contributed by atoms with van der Waals surface area (Å²) in [5.41, 5.74) is 6.21. The van der Waals surface area contributed by atoms with Gasteiger partial charge in [-0.2, -0.15) is 13.2 Å². The lowest BCUT2D eigenvalue weighted by molar-refractivity contribution is -0.138. The van der Waals surface area contributed by atoms with Gasteiger partial charge in [0.05, 0.1) is 12.2 Å². The second kappa shape index (κ2) is 6.83. The number of aryl methyl sites for hydroxylation is 1. The van der Waals surface area contributed by atoms with E-state index in [2.05, 4.69) is 0 Å². The Balaban J connectivity index is 2.19. The van der Waals surface area contributed by atoms with Gasteiger partial charge in [-0.25, -0.2) is 0 Å². The third-order valence-electron chi connectivity index (χ3n) is 3.43. The number of benzene rings is 2. The van der Waals surface area contributed by atoms with Crippen LogP contribution in [0.25, 0.3) is 0 Å². The van der Waals surface area contributed by atoms with Crippen molar-refractivity contribution in [2.45, 2.75) is 19.0 Å². The molecule has 2 rings (SSSR count). The molecule has 2 nitrogen and oxygen atoms in total. The molecular formula is C17H18F3NO. The van der Waals surface area contributed by atoms with Gasteiger partial charge in [0.1, 0.15) is 5.75 Å². The number of ether oxygens (including phenoxy) is 1. The quantitative estimate of drug-likeness (QED) is 0.901. The average Bonchev–Trinajstić information content (AvgIpc) is 2.47. The summed E-state index contributed by atoms with van der Waals surface area (Å²) in [6.07, 6.45) is -4.40. The maximum Gasteiger partial charge on any atom is 0.416 e. The van der Waals surface area contributed by atoms with Crippen molar-refractivity contribution in [3.05, 3.63) is 65.2 Å². The third kappa shape index (κ3) is 4.01. The van der Waals surface area contributed by atoms with Crippen molar-refractivity contribution >= 4 is 0 Å². The van der Waals surface area contributed by atoms with Crippen molar-refractivity contribution < 1.29 is 17.9 Å². The van der Waals surface area contributed by atoms with E-state index in [1.54, 1.807) is 12.1 Å². The van der Waals surface area contributed by atoms with Crippen LogP contribution in [0.3, 0.4) is 0 Å². The highest BCUT2D eigenvalue weighted by atomic mass is 19.4. The van der Waals surface area contributed by atoms with Gasteiger partial charge in [0.2, 0.25) is 0 Å². The molecule has 0 heterocycles. The maximum atomic E-state index is 13.1. The minimum absolute atomic E-state index is 0.0823. The summed E-state index contributed by atoms with van der Waals surface area (Å²) in [6.45, 7) is 2.11. The average molecular weight is 309 g/mol. The van der Waals surface area contributed by atoms with Gasteiger partial charge in [-0.1, -0.05) is 30.3 Å². The van der Waals surface area contributed by atoms with Crippen molar-refractivity contribution in [1.82, 2.24) is 0 Å². The summed E-state index contributed by atoms with van der Waals surface area (Å²) in [4.78, 5) is 0. The van der Waals surface area contributed by atoms with Crippen molar-refractivity contribution in [3.63, 3.8) is 0 Å². The van der Waals surface area contributed by atoms with Crippen molar-refractivity contribution in [2.24, 2.45) is 5.73 Å². The van der Waals surface area contributed by atoms with E-state index >= 15 is 0 Å². The van der Waals surface area contributed by atoms with E-state index in [-0.39, 0.29) is 18.7 Å². The van der Waals surface area contributed by atoms with Crippen LogP contribution in [0.4, 0.5) is 13.2 Å². The van der Waals surface area contributed by atoms with Gasteiger partial charge in [0, 0.05) is 12.5 Å². The van der Waals surface area contributed by atoms with Gasteiger partial charge in [0.15, 0.2) is 0 Å². The summed E-state index contributed by atoms with van der Waals surface area (Å²) in [5, 5.41) is 0. The van der Waals surface area contributed by atoms with Crippen LogP contribution in [0.1, 0.15) is 22.6 Å². The summed E-state index contributed by atoms with van der Waals surface area (Å²) in [5.74, 6) is 0.112. The topological polar surface area (TPSA) is 35.2 Å². The molecule has 1 atom stereocenters. The van der Waals surface area contributed by atoms with Gasteiger partial charge in [-0.15, -0.1) is 0 Å². The molecule has 2 aromatic rings. The Labute approximate surface area is 127 Å². The Morgan fingerprint density at radius 3 is 2.45 bits per heavy atom. The van der Waals surface area contributed by atoms with E-state index in [1.807, 2.05) is 25.1 Å². The molecule has 1 unspecified atom stereocenters. The molecule has 22 heavy (non-hydrogen) atoms. The predicted molar refractivity (Wildman–Crippen MR) is 79.9 cm³/mol. The number of hydrogen-bond donors (Lipinski definition) is 1. The van der Waals surface area contributed by atoms with Crippen LogP contribution in [-0.2, 0) is 6.18 Å². The fourth-order valence-electron chi connectivity index (χ4n) is 2.30. The molecule has 0 aliphatic heterocycles. The van der Waals surface area contributed by atoms with Gasteiger partial charge in [-0.3, -0.25) is 0 Å². The summed E-state index contributed by atoms with van der Waals surface area (Å²) >= 11 is 0. The Hall–Kier alpha value is -2.01. The largest absolute Gasteiger partial charge is 0.493 e. The number of hydrogen-bond acceptors (Lipinski definition) is 2. The van der Waals surface area contributed by atoms with Crippen molar-refractivity contribution in [2.75, 3.05) is 13.2 Å². The number of alkyl halides is 3. The number of rotatable bonds is 5. The molecule has 0 aliphatic carbocycles. The van der Waals surface area contributed by atoms with Gasteiger partial charge < -0.3 is 10.5 Å². The molecule has 0 saturated heterocycles. The van der Waals surface area contributed by atoms with Gasteiger partial charge in [0.25, 0.3) is 0 Å². The van der Waals surface area contributed by atoms with Gasteiger partial charge in [-0.05, 0) is 36.2 Å². The standard InChI is InChI=1S/C17H18F3NO/c1-12-5-4-6-14(9-12)22-11-13(10-21)15-7-2-3-8-16(15)17(18,19)20/h2-9,13H,10-11,21H2,1H3. The molecule has 0 bridgehead atoms. The van der Waals surface area contributed by atoms with Crippen LogP contribution in [0, 0.1) is 6.92 Å². The lowest BCUT2D eigenvalue weighted by atomic mass is 9.94. The summed E-state index contributed by atoms with van der Waals surface area (Å²) in [7, 11) is 0. The lowest BCUT2D eigenvalue weighted by Crippen LogP contribution is -2.23. The van der Waals surface area contributed by atoms with E-state index in [9.17, 15) is 13.2 Å². The smallest absolute Gasteiger partial charge is 0.416 e. The molecule has 0 aliphatic rings. The number of nitrogens with two attached hydrogens (primary N) is 1. The highest BCUT2D eigenvalue weighted by Gasteiger charge is 2.34. The first-order valence-electron chi connectivity index (χ1n) is 6.97. The maximum absolute atomic E-state index is 13.1. The lowest BCUT2D eigenvalue weighted by Gasteiger charge is -2.21. The van der Waals surface area contributed by atoms with Crippen LogP contribution in [0.15, 0.2) is 48.5 Å². The van der Waals surface area contributed by atoms with Gasteiger partial charge >= 0.3 is 6.18 Å². The molecule has 0 amide bonds. The zero-order valence-corrected chi connectivity index (χ0v) is 12.2. The first-order valence-corrected chi connectivity index (χ1v) is 6.97. The highest BCUT2D eigenvalue weighted by molar-refractivity contribution is 5.34. The second-order valence-electron chi connectivity index (χ2n) is 5.15. The Bertz CT molecular complexity index is 625. The SMILES string of the molecule is Cc1cccc(OCC(CN)c2ccccc2C(F)(F)F)c1. The molecule has 0 spiro atoms. The summed E-state index contributed by atoms with van der Waals surface area (Å²) in [6, 6.07) is 12.9. The number of halogens is 3. The molecular weight excluding hydrogens is 291 g/mol. The molecule has 5 heteroatoms. The second-order valence-corrected chi connectivity index (χ2v) is 5.15. The van der Waals surface area contributed by atoms with Crippen LogP contribution in [0.5, 0.6) is 5.75 Å².